The number of anilines is 2. The van der Waals surface area contributed by atoms with Crippen LogP contribution in [0.15, 0.2) is 109 Å². The largest absolute Gasteiger partial charge is 0.426 e. The van der Waals surface area contributed by atoms with Gasteiger partial charge in [0.05, 0.1) is 6.42 Å². The molecule has 10 nitrogen and oxygen atoms in total. The molecule has 0 aliphatic carbocycles. The van der Waals surface area contributed by atoms with Gasteiger partial charge in [0, 0.05) is 46.9 Å². The minimum Gasteiger partial charge on any atom is -0.426 e. The van der Waals surface area contributed by atoms with Crippen LogP contribution < -0.4 is 26.0 Å². The average molecular weight is 707 g/mol. The number of esters is 1. The molecule has 0 radical (unpaired) electrons. The molecule has 0 bridgehead atoms. The highest BCUT2D eigenvalue weighted by Crippen LogP contribution is 2.20. The van der Waals surface area contributed by atoms with E-state index in [1.165, 1.54) is 0 Å². The number of hydrogen-bond acceptors (Lipinski definition) is 4. The number of ether oxygens (including phenoxy) is 1. The molecule has 6 rings (SSSR count). The molecular formula is C40H43ClN6O4. The van der Waals surface area contributed by atoms with Crippen molar-refractivity contribution in [3.63, 3.8) is 0 Å². The highest BCUT2D eigenvalue weighted by atomic mass is 35.5. The molecule has 0 fully saturated rings. The van der Waals surface area contributed by atoms with E-state index in [0.717, 1.165) is 75.6 Å². The summed E-state index contributed by atoms with van der Waals surface area (Å²) in [7, 11) is 0. The van der Waals surface area contributed by atoms with E-state index in [9.17, 15) is 14.4 Å². The van der Waals surface area contributed by atoms with Crippen LogP contribution in [-0.4, -0.2) is 40.1 Å². The van der Waals surface area contributed by atoms with Crippen molar-refractivity contribution in [1.82, 2.24) is 20.6 Å². The third-order valence-electron chi connectivity index (χ3n) is 8.64. The minimum absolute atomic E-state index is 0. The lowest BCUT2D eigenvalue weighted by Crippen LogP contribution is -2.36. The first-order valence-electron chi connectivity index (χ1n) is 16.9. The van der Waals surface area contributed by atoms with Crippen LogP contribution in [0.5, 0.6) is 5.75 Å². The molecule has 0 aliphatic rings. The quantitative estimate of drug-likeness (QED) is 0.0529. The van der Waals surface area contributed by atoms with E-state index in [1.807, 2.05) is 111 Å². The fraction of sp³-hybridized carbons (Fsp3) is 0.225. The second-order valence-electron chi connectivity index (χ2n) is 12.7. The van der Waals surface area contributed by atoms with Crippen LogP contribution >= 0.6 is 12.4 Å². The molecule has 2 atom stereocenters. The number of benzene rings is 4. The number of urea groups is 2. The van der Waals surface area contributed by atoms with E-state index >= 15 is 0 Å². The van der Waals surface area contributed by atoms with E-state index < -0.39 is 0 Å². The van der Waals surface area contributed by atoms with Crippen LogP contribution in [0.25, 0.3) is 21.8 Å². The van der Waals surface area contributed by atoms with Crippen LogP contribution in [0.4, 0.5) is 21.0 Å². The number of halogens is 1. The van der Waals surface area contributed by atoms with Gasteiger partial charge in [-0.3, -0.25) is 4.79 Å². The summed E-state index contributed by atoms with van der Waals surface area (Å²) in [6, 6.07) is 30.3. The van der Waals surface area contributed by atoms with Crippen molar-refractivity contribution < 1.29 is 19.1 Å². The number of aromatic amines is 2. The van der Waals surface area contributed by atoms with Crippen molar-refractivity contribution in [2.24, 2.45) is 0 Å². The Labute approximate surface area is 303 Å². The molecule has 2 aromatic heterocycles. The summed E-state index contributed by atoms with van der Waals surface area (Å²) in [4.78, 5) is 43.9. The summed E-state index contributed by atoms with van der Waals surface area (Å²) in [6.45, 7) is 3.96. The standard InChI is InChI=1S/C40H42N6O4.ClH/c1-26(43-39(48)45-33-15-13-31-19-21-41-36(31)24-33)3-5-28-7-9-30(10-8-28)23-38(47)50-35-17-11-29(12-18-35)6-4-27(2)44-40(49)46-34-16-14-32-20-22-42-37(32)25-34;/h7-22,24-27,41-42H,3-6,23H2,1-2H3,(H2,43,45,48)(H2,44,46,49);1H. The molecule has 0 saturated heterocycles. The first kappa shape index (κ1) is 36.5. The Kier molecular flexibility index (Phi) is 12.4. The average Bonchev–Trinajstić information content (AvgIpc) is 3.77. The van der Waals surface area contributed by atoms with E-state index in [4.69, 9.17) is 4.74 Å². The fourth-order valence-electron chi connectivity index (χ4n) is 5.83. The Bertz CT molecular complexity index is 1930. The summed E-state index contributed by atoms with van der Waals surface area (Å²) in [5.74, 6) is 0.166. The molecule has 4 amide bonds. The molecule has 0 saturated carbocycles. The van der Waals surface area contributed by atoms with Crippen LogP contribution in [0.2, 0.25) is 0 Å². The predicted molar refractivity (Wildman–Crippen MR) is 206 cm³/mol. The number of carbonyl (C=O) groups is 3. The molecule has 4 aromatic carbocycles. The zero-order chi connectivity index (χ0) is 34.9. The summed E-state index contributed by atoms with van der Waals surface area (Å²) in [6.07, 6.45) is 7.00. The zero-order valence-electron chi connectivity index (χ0n) is 28.6. The molecular weight excluding hydrogens is 664 g/mol. The molecule has 0 spiro atoms. The summed E-state index contributed by atoms with van der Waals surface area (Å²) >= 11 is 0. The van der Waals surface area contributed by atoms with E-state index in [-0.39, 0.29) is 48.9 Å². The molecule has 0 aliphatic heterocycles. The molecule has 264 valence electrons. The normalized spacial score (nSPS) is 12.0. The van der Waals surface area contributed by atoms with E-state index in [2.05, 4.69) is 31.2 Å². The predicted octanol–water partition coefficient (Wildman–Crippen LogP) is 8.50. The molecule has 6 aromatic rings. The zero-order valence-corrected chi connectivity index (χ0v) is 29.4. The molecule has 2 heterocycles. The number of aromatic nitrogens is 2. The summed E-state index contributed by atoms with van der Waals surface area (Å²) < 4.78 is 5.58. The molecule has 6 N–H and O–H groups in total. The fourth-order valence-corrected chi connectivity index (χ4v) is 5.83. The maximum atomic E-state index is 12.6. The van der Waals surface area contributed by atoms with Crippen molar-refractivity contribution >= 4 is 63.6 Å². The molecule has 51 heavy (non-hydrogen) atoms. The first-order valence-corrected chi connectivity index (χ1v) is 16.9. The third-order valence-corrected chi connectivity index (χ3v) is 8.64. The van der Waals surface area contributed by atoms with Crippen LogP contribution in [0.1, 0.15) is 43.4 Å². The van der Waals surface area contributed by atoms with Gasteiger partial charge in [-0.05, 0) is 116 Å². The first-order chi connectivity index (χ1) is 24.3. The van der Waals surface area contributed by atoms with Gasteiger partial charge in [0.15, 0.2) is 0 Å². The highest BCUT2D eigenvalue weighted by molar-refractivity contribution is 5.93. The highest BCUT2D eigenvalue weighted by Gasteiger charge is 2.12. The third kappa shape index (κ3) is 10.6. The van der Waals surface area contributed by atoms with Crippen LogP contribution in [0.3, 0.4) is 0 Å². The Morgan fingerprint density at radius 3 is 1.55 bits per heavy atom. The smallest absolute Gasteiger partial charge is 0.319 e. The SMILES string of the molecule is CC(CCc1ccc(CC(=O)Oc2ccc(CCC(C)NC(=O)Nc3ccc4cc[nH]c4c3)cc2)cc1)NC(=O)Nc1ccc2cc[nH]c2c1.Cl. The van der Waals surface area contributed by atoms with Crippen LogP contribution in [0, 0.1) is 0 Å². The lowest BCUT2D eigenvalue weighted by Gasteiger charge is -2.15. The minimum atomic E-state index is -0.330. The Morgan fingerprint density at radius 1 is 0.608 bits per heavy atom. The van der Waals surface area contributed by atoms with Gasteiger partial charge < -0.3 is 36.0 Å². The molecule has 11 heteroatoms. The van der Waals surface area contributed by atoms with Crippen molar-refractivity contribution in [3.8, 4) is 5.75 Å². The van der Waals surface area contributed by atoms with Crippen molar-refractivity contribution in [2.45, 2.75) is 58.0 Å². The number of rotatable bonds is 13. The number of amides is 4. The van der Waals surface area contributed by atoms with Gasteiger partial charge in [0.25, 0.3) is 0 Å². The monoisotopic (exact) mass is 706 g/mol. The number of nitrogens with one attached hydrogen (secondary N) is 6. The van der Waals surface area contributed by atoms with Gasteiger partial charge in [-0.25, -0.2) is 9.59 Å². The van der Waals surface area contributed by atoms with Gasteiger partial charge in [-0.15, -0.1) is 12.4 Å². The van der Waals surface area contributed by atoms with Crippen molar-refractivity contribution in [1.29, 1.82) is 0 Å². The lowest BCUT2D eigenvalue weighted by molar-refractivity contribution is -0.133. The lowest BCUT2D eigenvalue weighted by atomic mass is 10.0. The molecule has 2 unspecified atom stereocenters. The number of H-pyrrole nitrogens is 2. The Hall–Kier alpha value is -5.74. The number of fused-ring (bicyclic) bond motifs is 2. The maximum absolute atomic E-state index is 12.6. The number of aryl methyl sites for hydroxylation is 2. The van der Waals surface area contributed by atoms with Gasteiger partial charge in [-0.2, -0.15) is 0 Å². The number of hydrogen-bond donors (Lipinski definition) is 6. The van der Waals surface area contributed by atoms with E-state index in [0.29, 0.717) is 5.75 Å². The maximum Gasteiger partial charge on any atom is 0.319 e. The second kappa shape index (κ2) is 17.3. The van der Waals surface area contributed by atoms with Crippen molar-refractivity contribution in [2.75, 3.05) is 10.6 Å². The Balaban J connectivity index is 0.00000504. The topological polar surface area (TPSA) is 140 Å². The summed E-state index contributed by atoms with van der Waals surface area (Å²) in [5, 5.41) is 13.9. The van der Waals surface area contributed by atoms with Gasteiger partial charge in [0.2, 0.25) is 0 Å². The Morgan fingerprint density at radius 2 is 1.06 bits per heavy atom. The van der Waals surface area contributed by atoms with E-state index in [1.54, 1.807) is 12.1 Å². The van der Waals surface area contributed by atoms with Crippen molar-refractivity contribution in [3.05, 3.63) is 126 Å². The van der Waals surface area contributed by atoms with Crippen LogP contribution in [-0.2, 0) is 24.1 Å². The van der Waals surface area contributed by atoms with Gasteiger partial charge in [-0.1, -0.05) is 48.5 Å². The number of carbonyl (C=O) groups excluding carboxylic acids is 3. The van der Waals surface area contributed by atoms with Gasteiger partial charge in [0.1, 0.15) is 5.75 Å². The van der Waals surface area contributed by atoms with Gasteiger partial charge >= 0.3 is 18.0 Å². The summed E-state index contributed by atoms with van der Waals surface area (Å²) in [5.41, 5.74) is 6.49. The second-order valence-corrected chi connectivity index (χ2v) is 12.7.